The predicted molar refractivity (Wildman–Crippen MR) is 173 cm³/mol. The van der Waals surface area contributed by atoms with Gasteiger partial charge in [0.25, 0.3) is 11.8 Å². The van der Waals surface area contributed by atoms with Crippen LogP contribution < -0.4 is 14.5 Å². The maximum absolute atomic E-state index is 16.3. The molecule has 1 N–H and O–H groups in total. The van der Waals surface area contributed by atoms with E-state index in [0.717, 1.165) is 5.56 Å². The maximum atomic E-state index is 16.3. The van der Waals surface area contributed by atoms with Crippen LogP contribution in [0.5, 0.6) is 5.75 Å². The highest BCUT2D eigenvalue weighted by Gasteiger charge is 2.66. The van der Waals surface area contributed by atoms with Crippen molar-refractivity contribution in [1.82, 2.24) is 15.0 Å². The molecule has 0 bridgehead atoms. The third kappa shape index (κ3) is 5.27. The van der Waals surface area contributed by atoms with Crippen LogP contribution in [0.25, 0.3) is 0 Å². The van der Waals surface area contributed by atoms with Gasteiger partial charge < -0.3 is 19.5 Å². The summed E-state index contributed by atoms with van der Waals surface area (Å²) >= 11 is 0. The van der Waals surface area contributed by atoms with Crippen molar-refractivity contribution < 1.29 is 28.6 Å². The van der Waals surface area contributed by atoms with E-state index in [1.807, 2.05) is 79.7 Å². The Labute approximate surface area is 272 Å². The number of para-hydroxylation sites is 2. The summed E-state index contributed by atoms with van der Waals surface area (Å²) in [5.74, 6) is -1.09. The number of anilines is 3. The standard InChI is InChI=1S/C36H38FN5O5/c1-23-33(35(2,3)37)31(15-17-40-21-25(16-18-43)38-39-40)47-36(23)27-19-26(42-29-11-7-8-12-30(29)46-22-32(42)44)13-14-28(27)41(34(36)45)20-24-9-5-4-6-10-24/h4-14,19,21,23,31,33,43H,15-18,20,22H2,1-3H3/t23-,31+,33-,36+/m1/s1. The number of carbonyl (C=O) groups excluding carboxylic acids is 2. The first kappa shape index (κ1) is 31.0. The fourth-order valence-corrected chi connectivity index (χ4v) is 7.69. The molecular weight excluding hydrogens is 601 g/mol. The van der Waals surface area contributed by atoms with Crippen molar-refractivity contribution in [2.75, 3.05) is 23.0 Å². The average Bonchev–Trinajstić information content (AvgIpc) is 3.70. The van der Waals surface area contributed by atoms with Crippen molar-refractivity contribution in [3.8, 4) is 5.75 Å². The molecular formula is C36H38FN5O5. The van der Waals surface area contributed by atoms with Gasteiger partial charge >= 0.3 is 0 Å². The summed E-state index contributed by atoms with van der Waals surface area (Å²) in [6.07, 6.45) is 1.92. The minimum absolute atomic E-state index is 0.0345. The quantitative estimate of drug-likeness (QED) is 0.271. The Morgan fingerprint density at radius 2 is 1.81 bits per heavy atom. The lowest BCUT2D eigenvalue weighted by molar-refractivity contribution is -0.146. The van der Waals surface area contributed by atoms with E-state index in [0.29, 0.717) is 60.0 Å². The van der Waals surface area contributed by atoms with Crippen LogP contribution in [0.1, 0.15) is 44.0 Å². The number of aliphatic hydroxyl groups excluding tert-OH is 1. The second kappa shape index (κ2) is 11.9. The Hall–Kier alpha value is -4.61. The van der Waals surface area contributed by atoms with Crippen molar-refractivity contribution in [2.45, 2.75) is 64.1 Å². The van der Waals surface area contributed by atoms with Crippen molar-refractivity contribution in [2.24, 2.45) is 11.8 Å². The largest absolute Gasteiger partial charge is 0.482 e. The molecule has 2 amide bonds. The Balaban J connectivity index is 1.32. The van der Waals surface area contributed by atoms with Crippen molar-refractivity contribution >= 4 is 28.9 Å². The molecule has 11 heteroatoms. The third-order valence-corrected chi connectivity index (χ3v) is 9.69. The monoisotopic (exact) mass is 639 g/mol. The molecule has 4 heterocycles. The lowest BCUT2D eigenvalue weighted by Crippen LogP contribution is -2.45. The normalized spacial score (nSPS) is 23.7. The molecule has 3 aliphatic rings. The number of amides is 2. The van der Waals surface area contributed by atoms with E-state index in [4.69, 9.17) is 9.47 Å². The van der Waals surface area contributed by atoms with E-state index in [1.54, 1.807) is 34.5 Å². The van der Waals surface area contributed by atoms with Gasteiger partial charge in [0.05, 0.1) is 29.7 Å². The molecule has 7 rings (SSSR count). The molecule has 0 saturated carbocycles. The molecule has 0 unspecified atom stereocenters. The minimum Gasteiger partial charge on any atom is -0.482 e. The fraction of sp³-hybridized carbons (Fsp3) is 0.389. The number of aliphatic hydroxyl groups is 1. The lowest BCUT2D eigenvalue weighted by Gasteiger charge is -2.33. The number of benzene rings is 3. The van der Waals surface area contributed by atoms with Crippen molar-refractivity contribution in [1.29, 1.82) is 0 Å². The summed E-state index contributed by atoms with van der Waals surface area (Å²) in [6.45, 7) is 5.54. The molecule has 244 valence electrons. The molecule has 1 spiro atoms. The molecule has 3 aromatic carbocycles. The number of aromatic nitrogens is 3. The van der Waals surface area contributed by atoms with Gasteiger partial charge in [-0.3, -0.25) is 19.2 Å². The molecule has 47 heavy (non-hydrogen) atoms. The van der Waals surface area contributed by atoms with Crippen LogP contribution in [0.3, 0.4) is 0 Å². The van der Waals surface area contributed by atoms with Crippen LogP contribution in [0.4, 0.5) is 21.5 Å². The number of halogens is 1. The van der Waals surface area contributed by atoms with E-state index < -0.39 is 29.2 Å². The predicted octanol–water partition coefficient (Wildman–Crippen LogP) is 5.10. The highest BCUT2D eigenvalue weighted by Crippen LogP contribution is 2.59. The van der Waals surface area contributed by atoms with Gasteiger partial charge in [-0.1, -0.05) is 54.6 Å². The van der Waals surface area contributed by atoms with E-state index in [-0.39, 0.29) is 25.0 Å². The molecule has 3 aliphatic heterocycles. The number of alkyl halides is 1. The van der Waals surface area contributed by atoms with Gasteiger partial charge in [-0.25, -0.2) is 4.39 Å². The highest BCUT2D eigenvalue weighted by atomic mass is 19.1. The van der Waals surface area contributed by atoms with Crippen LogP contribution >= 0.6 is 0 Å². The summed E-state index contributed by atoms with van der Waals surface area (Å²) < 4.78 is 30.5. The maximum Gasteiger partial charge on any atom is 0.269 e. The Morgan fingerprint density at radius 1 is 1.04 bits per heavy atom. The molecule has 1 aromatic heterocycles. The van der Waals surface area contributed by atoms with E-state index >= 15 is 4.39 Å². The van der Waals surface area contributed by atoms with Crippen LogP contribution in [-0.2, 0) is 39.4 Å². The highest BCUT2D eigenvalue weighted by molar-refractivity contribution is 6.09. The smallest absolute Gasteiger partial charge is 0.269 e. The zero-order chi connectivity index (χ0) is 32.9. The topological polar surface area (TPSA) is 110 Å². The van der Waals surface area contributed by atoms with Crippen LogP contribution in [0.15, 0.2) is 79.0 Å². The summed E-state index contributed by atoms with van der Waals surface area (Å²) in [6, 6.07) is 22.6. The summed E-state index contributed by atoms with van der Waals surface area (Å²) in [4.78, 5) is 31.5. The van der Waals surface area contributed by atoms with Crippen molar-refractivity contribution in [3.05, 3.63) is 95.8 Å². The second-order valence-corrected chi connectivity index (χ2v) is 13.1. The SMILES string of the molecule is C[C@@H]1[C@@H](C(C)(C)F)[C@H](CCn2cc(CCO)nn2)O[C@@]12C(=O)N(Cc1ccccc1)c1ccc(N3C(=O)COc4ccccc43)cc12. The molecule has 1 fully saturated rings. The number of nitrogens with zero attached hydrogens (tertiary/aromatic N) is 5. The molecule has 4 atom stereocenters. The Bertz CT molecular complexity index is 1810. The van der Waals surface area contributed by atoms with Gasteiger partial charge in [0.15, 0.2) is 12.2 Å². The molecule has 0 radical (unpaired) electrons. The van der Waals surface area contributed by atoms with Crippen molar-refractivity contribution in [3.63, 3.8) is 0 Å². The third-order valence-electron chi connectivity index (χ3n) is 9.69. The molecule has 0 aliphatic carbocycles. The zero-order valence-electron chi connectivity index (χ0n) is 26.7. The number of carbonyl (C=O) groups is 2. The van der Waals surface area contributed by atoms with Gasteiger partial charge in [-0.2, -0.15) is 0 Å². The number of aryl methyl sites for hydroxylation is 1. The van der Waals surface area contributed by atoms with Gasteiger partial charge in [-0.05, 0) is 56.2 Å². The Kier molecular flexibility index (Phi) is 7.84. The molecule has 1 saturated heterocycles. The second-order valence-electron chi connectivity index (χ2n) is 13.1. The molecule has 4 aromatic rings. The summed E-state index contributed by atoms with van der Waals surface area (Å²) in [5.41, 5.74) is 0.910. The van der Waals surface area contributed by atoms with Gasteiger partial charge in [0.1, 0.15) is 11.4 Å². The number of fused-ring (bicyclic) bond motifs is 3. The Morgan fingerprint density at radius 3 is 2.57 bits per heavy atom. The van der Waals surface area contributed by atoms with Gasteiger partial charge in [0.2, 0.25) is 0 Å². The van der Waals surface area contributed by atoms with Crippen LogP contribution in [0, 0.1) is 11.8 Å². The molecule has 10 nitrogen and oxygen atoms in total. The van der Waals surface area contributed by atoms with E-state index in [9.17, 15) is 14.7 Å². The summed E-state index contributed by atoms with van der Waals surface area (Å²) in [7, 11) is 0. The summed E-state index contributed by atoms with van der Waals surface area (Å²) in [5, 5.41) is 17.6. The first-order chi connectivity index (χ1) is 22.6. The zero-order valence-corrected chi connectivity index (χ0v) is 26.7. The first-order valence-corrected chi connectivity index (χ1v) is 16.0. The number of ether oxygens (including phenoxy) is 2. The lowest BCUT2D eigenvalue weighted by atomic mass is 9.71. The van der Waals surface area contributed by atoms with Crippen LogP contribution in [0.2, 0.25) is 0 Å². The van der Waals surface area contributed by atoms with Gasteiger partial charge in [-0.15, -0.1) is 5.10 Å². The van der Waals surface area contributed by atoms with E-state index in [1.165, 1.54) is 0 Å². The van der Waals surface area contributed by atoms with E-state index in [2.05, 4.69) is 10.3 Å². The van der Waals surface area contributed by atoms with Crippen LogP contribution in [-0.4, -0.2) is 56.9 Å². The first-order valence-electron chi connectivity index (χ1n) is 16.0. The minimum atomic E-state index is -1.68. The average molecular weight is 640 g/mol. The number of rotatable bonds is 9. The van der Waals surface area contributed by atoms with Gasteiger partial charge in [0, 0.05) is 48.9 Å². The number of hydrogen-bond donors (Lipinski definition) is 1. The fourth-order valence-electron chi connectivity index (χ4n) is 7.69. The number of hydrogen-bond acceptors (Lipinski definition) is 7.